The van der Waals surface area contributed by atoms with Crippen LogP contribution in [0.4, 0.5) is 0 Å². The summed E-state index contributed by atoms with van der Waals surface area (Å²) in [6.07, 6.45) is 0. The standard InChI is InChI=1S/C9H13ClN2O2S/c1-6-12-7(5-15-6)3-11-4-8(10)9(13)14-2/h5,8,11H,3-4H2,1-2H3. The zero-order chi connectivity index (χ0) is 11.3. The molecule has 0 bridgehead atoms. The number of carbonyl (C=O) groups is 1. The van der Waals surface area contributed by atoms with E-state index in [-0.39, 0.29) is 0 Å². The Balaban J connectivity index is 2.24. The summed E-state index contributed by atoms with van der Waals surface area (Å²) in [5.74, 6) is -0.418. The molecule has 0 aliphatic heterocycles. The van der Waals surface area contributed by atoms with E-state index in [0.29, 0.717) is 13.1 Å². The molecule has 1 N–H and O–H groups in total. The Kier molecular flexibility index (Phi) is 5.01. The third-order valence-electron chi connectivity index (χ3n) is 1.75. The zero-order valence-corrected chi connectivity index (χ0v) is 10.2. The lowest BCUT2D eigenvalue weighted by Gasteiger charge is -2.07. The fraction of sp³-hybridized carbons (Fsp3) is 0.556. The van der Waals surface area contributed by atoms with Gasteiger partial charge in [-0.25, -0.2) is 4.98 Å². The molecular formula is C9H13ClN2O2S. The molecular weight excluding hydrogens is 236 g/mol. The largest absolute Gasteiger partial charge is 0.468 e. The quantitative estimate of drug-likeness (QED) is 0.631. The zero-order valence-electron chi connectivity index (χ0n) is 8.62. The fourth-order valence-electron chi connectivity index (χ4n) is 1.03. The predicted molar refractivity (Wildman–Crippen MR) is 60.2 cm³/mol. The summed E-state index contributed by atoms with van der Waals surface area (Å²) in [4.78, 5) is 15.2. The Morgan fingerprint density at radius 1 is 1.80 bits per heavy atom. The highest BCUT2D eigenvalue weighted by molar-refractivity contribution is 7.09. The van der Waals surface area contributed by atoms with Crippen LogP contribution in [0.2, 0.25) is 0 Å². The number of nitrogens with one attached hydrogen (secondary N) is 1. The molecule has 15 heavy (non-hydrogen) atoms. The van der Waals surface area contributed by atoms with Gasteiger partial charge in [-0.05, 0) is 6.92 Å². The number of alkyl halides is 1. The van der Waals surface area contributed by atoms with E-state index in [9.17, 15) is 4.79 Å². The van der Waals surface area contributed by atoms with Crippen molar-refractivity contribution < 1.29 is 9.53 Å². The van der Waals surface area contributed by atoms with E-state index in [2.05, 4.69) is 15.0 Å². The minimum absolute atomic E-state index is 0.380. The highest BCUT2D eigenvalue weighted by atomic mass is 35.5. The van der Waals surface area contributed by atoms with Gasteiger partial charge >= 0.3 is 5.97 Å². The van der Waals surface area contributed by atoms with Gasteiger partial charge in [-0.2, -0.15) is 0 Å². The van der Waals surface area contributed by atoms with Crippen molar-refractivity contribution in [1.29, 1.82) is 0 Å². The third-order valence-corrected chi connectivity index (χ3v) is 2.91. The molecule has 0 saturated carbocycles. The molecule has 0 radical (unpaired) electrons. The smallest absolute Gasteiger partial charge is 0.325 e. The lowest BCUT2D eigenvalue weighted by molar-refractivity contribution is -0.140. The van der Waals surface area contributed by atoms with Crippen molar-refractivity contribution in [3.8, 4) is 0 Å². The predicted octanol–water partition coefficient (Wildman–Crippen LogP) is 1.32. The summed E-state index contributed by atoms with van der Waals surface area (Å²) in [6.45, 7) is 2.95. The maximum absolute atomic E-state index is 11.0. The molecule has 6 heteroatoms. The molecule has 0 saturated heterocycles. The van der Waals surface area contributed by atoms with Crippen molar-refractivity contribution in [1.82, 2.24) is 10.3 Å². The summed E-state index contributed by atoms with van der Waals surface area (Å²) in [5, 5.41) is 5.40. The van der Waals surface area contributed by atoms with Gasteiger partial charge in [0.05, 0.1) is 17.8 Å². The van der Waals surface area contributed by atoms with E-state index in [1.165, 1.54) is 7.11 Å². The summed E-state index contributed by atoms with van der Waals surface area (Å²) >= 11 is 7.35. The van der Waals surface area contributed by atoms with Gasteiger partial charge in [-0.1, -0.05) is 0 Å². The third kappa shape index (κ3) is 4.15. The van der Waals surface area contributed by atoms with Gasteiger partial charge < -0.3 is 10.1 Å². The second kappa shape index (κ2) is 6.05. The number of methoxy groups -OCH3 is 1. The van der Waals surface area contributed by atoms with Crippen LogP contribution in [0.1, 0.15) is 10.7 Å². The maximum Gasteiger partial charge on any atom is 0.325 e. The number of ether oxygens (including phenoxy) is 1. The average Bonchev–Trinajstić information content (AvgIpc) is 2.63. The molecule has 1 atom stereocenters. The number of aromatic nitrogens is 1. The van der Waals surface area contributed by atoms with E-state index in [1.807, 2.05) is 12.3 Å². The lowest BCUT2D eigenvalue weighted by Crippen LogP contribution is -2.29. The maximum atomic E-state index is 11.0. The molecule has 0 aromatic carbocycles. The topological polar surface area (TPSA) is 51.2 Å². The molecule has 1 unspecified atom stereocenters. The number of rotatable bonds is 5. The number of hydrogen-bond acceptors (Lipinski definition) is 5. The molecule has 0 amide bonds. The van der Waals surface area contributed by atoms with Gasteiger partial charge in [-0.15, -0.1) is 22.9 Å². The second-order valence-corrected chi connectivity index (χ2v) is 4.57. The summed E-state index contributed by atoms with van der Waals surface area (Å²) in [5.41, 5.74) is 0.964. The minimum atomic E-state index is -0.644. The second-order valence-electron chi connectivity index (χ2n) is 2.98. The molecule has 1 aromatic heterocycles. The fourth-order valence-corrected chi connectivity index (χ4v) is 1.84. The van der Waals surface area contributed by atoms with Gasteiger partial charge in [0.15, 0.2) is 0 Å². The molecule has 0 aliphatic carbocycles. The van der Waals surface area contributed by atoms with Gasteiger partial charge in [0.2, 0.25) is 0 Å². The Labute approximate surface area is 97.6 Å². The number of nitrogens with zero attached hydrogens (tertiary/aromatic N) is 1. The van der Waals surface area contributed by atoms with Gasteiger partial charge in [0, 0.05) is 18.5 Å². The molecule has 0 spiro atoms. The summed E-state index contributed by atoms with van der Waals surface area (Å²) in [6, 6.07) is 0. The van der Waals surface area contributed by atoms with Crippen LogP contribution < -0.4 is 5.32 Å². The van der Waals surface area contributed by atoms with E-state index >= 15 is 0 Å². The lowest BCUT2D eigenvalue weighted by atomic mass is 10.4. The molecule has 1 rings (SSSR count). The van der Waals surface area contributed by atoms with E-state index in [1.54, 1.807) is 11.3 Å². The number of thiazole rings is 1. The molecule has 1 heterocycles. The van der Waals surface area contributed by atoms with E-state index in [4.69, 9.17) is 11.6 Å². The van der Waals surface area contributed by atoms with Crippen molar-refractivity contribution in [3.63, 3.8) is 0 Å². The first-order valence-electron chi connectivity index (χ1n) is 4.47. The Morgan fingerprint density at radius 3 is 3.07 bits per heavy atom. The minimum Gasteiger partial charge on any atom is -0.468 e. The van der Waals surface area contributed by atoms with E-state index < -0.39 is 11.3 Å². The molecule has 84 valence electrons. The average molecular weight is 249 g/mol. The molecule has 0 aliphatic rings. The van der Waals surface area contributed by atoms with Gasteiger partial charge in [0.25, 0.3) is 0 Å². The first kappa shape index (κ1) is 12.4. The number of esters is 1. The first-order chi connectivity index (χ1) is 7.13. The molecule has 0 fully saturated rings. The first-order valence-corrected chi connectivity index (χ1v) is 5.78. The van der Waals surface area contributed by atoms with Crippen LogP contribution in [-0.4, -0.2) is 30.0 Å². The molecule has 4 nitrogen and oxygen atoms in total. The highest BCUT2D eigenvalue weighted by Crippen LogP contribution is 2.07. The SMILES string of the molecule is COC(=O)C(Cl)CNCc1csc(C)n1. The van der Waals surface area contributed by atoms with Crippen LogP contribution in [-0.2, 0) is 16.1 Å². The van der Waals surface area contributed by atoms with Gasteiger partial charge in [0.1, 0.15) is 5.38 Å². The van der Waals surface area contributed by atoms with Crippen LogP contribution in [0.3, 0.4) is 0 Å². The van der Waals surface area contributed by atoms with Crippen molar-refractivity contribution in [2.24, 2.45) is 0 Å². The van der Waals surface area contributed by atoms with Crippen molar-refractivity contribution in [3.05, 3.63) is 16.1 Å². The van der Waals surface area contributed by atoms with Gasteiger partial charge in [-0.3, -0.25) is 4.79 Å². The number of aryl methyl sites for hydroxylation is 1. The number of hydrogen-bond donors (Lipinski definition) is 1. The Morgan fingerprint density at radius 2 is 2.53 bits per heavy atom. The highest BCUT2D eigenvalue weighted by Gasteiger charge is 2.14. The van der Waals surface area contributed by atoms with Crippen LogP contribution >= 0.6 is 22.9 Å². The van der Waals surface area contributed by atoms with Crippen molar-refractivity contribution in [2.75, 3.05) is 13.7 Å². The van der Waals surface area contributed by atoms with Crippen molar-refractivity contribution >= 4 is 28.9 Å². The van der Waals surface area contributed by atoms with Crippen LogP contribution in [0.25, 0.3) is 0 Å². The molecule has 1 aromatic rings. The summed E-state index contributed by atoms with van der Waals surface area (Å²) in [7, 11) is 1.32. The van der Waals surface area contributed by atoms with Crippen LogP contribution in [0, 0.1) is 6.92 Å². The van der Waals surface area contributed by atoms with E-state index in [0.717, 1.165) is 10.7 Å². The Bertz CT molecular complexity index is 330. The monoisotopic (exact) mass is 248 g/mol. The van der Waals surface area contributed by atoms with Crippen LogP contribution in [0.5, 0.6) is 0 Å². The number of carbonyl (C=O) groups excluding carboxylic acids is 1. The number of halogens is 1. The summed E-state index contributed by atoms with van der Waals surface area (Å²) < 4.78 is 4.49. The Hall–Kier alpha value is -0.650. The van der Waals surface area contributed by atoms with Crippen LogP contribution in [0.15, 0.2) is 5.38 Å². The van der Waals surface area contributed by atoms with Crippen molar-refractivity contribution in [2.45, 2.75) is 18.8 Å². The normalized spacial score (nSPS) is 12.5.